The number of hydrogen-bond donors (Lipinski definition) is 2. The van der Waals surface area contributed by atoms with Crippen LogP contribution >= 0.6 is 0 Å². The van der Waals surface area contributed by atoms with E-state index in [1.165, 1.54) is 0 Å². The Balaban J connectivity index is 2.48. The van der Waals surface area contributed by atoms with Crippen LogP contribution < -0.4 is 0 Å². The smallest absolute Gasteiger partial charge is 0.112 e. The zero-order valence-electron chi connectivity index (χ0n) is 8.18. The van der Waals surface area contributed by atoms with Crippen LogP contribution in [0.1, 0.15) is 12.6 Å². The number of nitrogens with zero attached hydrogens (tertiary/aromatic N) is 1. The standard InChI is InChI=1S/C10H15NO3/c1-10(7-12,8-13)14-6-9-4-2-3-5-11-9/h2-5,12-13H,6-8H2,1H3. The highest BCUT2D eigenvalue weighted by molar-refractivity contribution is 5.02. The molecule has 0 unspecified atom stereocenters. The van der Waals surface area contributed by atoms with Crippen LogP contribution in [0.4, 0.5) is 0 Å². The van der Waals surface area contributed by atoms with Crippen molar-refractivity contribution in [2.75, 3.05) is 13.2 Å². The molecule has 4 nitrogen and oxygen atoms in total. The Labute approximate surface area is 83.2 Å². The predicted molar refractivity (Wildman–Crippen MR) is 51.6 cm³/mol. The molecule has 1 aromatic heterocycles. The van der Waals surface area contributed by atoms with Gasteiger partial charge in [-0.3, -0.25) is 4.98 Å². The Hall–Kier alpha value is -0.970. The first-order valence-corrected chi connectivity index (χ1v) is 4.46. The second kappa shape index (κ2) is 5.05. The average molecular weight is 197 g/mol. The summed E-state index contributed by atoms with van der Waals surface area (Å²) in [6.07, 6.45) is 1.67. The lowest BCUT2D eigenvalue weighted by atomic mass is 10.1. The van der Waals surface area contributed by atoms with E-state index in [0.29, 0.717) is 6.61 Å². The maximum Gasteiger partial charge on any atom is 0.112 e. The molecule has 0 aromatic carbocycles. The molecular formula is C10H15NO3. The zero-order valence-corrected chi connectivity index (χ0v) is 8.18. The van der Waals surface area contributed by atoms with Gasteiger partial charge in [-0.15, -0.1) is 0 Å². The fourth-order valence-corrected chi connectivity index (χ4v) is 0.873. The minimum absolute atomic E-state index is 0.212. The number of ether oxygens (including phenoxy) is 1. The summed E-state index contributed by atoms with van der Waals surface area (Å²) in [5, 5.41) is 17.9. The second-order valence-corrected chi connectivity index (χ2v) is 3.38. The third-order valence-corrected chi connectivity index (χ3v) is 1.96. The molecule has 0 radical (unpaired) electrons. The molecule has 0 bridgehead atoms. The van der Waals surface area contributed by atoms with Gasteiger partial charge in [0, 0.05) is 6.20 Å². The third-order valence-electron chi connectivity index (χ3n) is 1.96. The van der Waals surface area contributed by atoms with Crippen LogP contribution in [0.3, 0.4) is 0 Å². The number of aliphatic hydroxyl groups is 2. The minimum atomic E-state index is -0.891. The molecule has 0 aliphatic carbocycles. The number of rotatable bonds is 5. The first-order chi connectivity index (χ1) is 6.70. The molecule has 1 aromatic rings. The molecule has 0 fully saturated rings. The normalized spacial score (nSPS) is 11.6. The summed E-state index contributed by atoms with van der Waals surface area (Å²) in [5.41, 5.74) is -0.113. The van der Waals surface area contributed by atoms with E-state index in [2.05, 4.69) is 4.98 Å². The largest absolute Gasteiger partial charge is 0.393 e. The molecule has 0 aliphatic rings. The number of hydrogen-bond acceptors (Lipinski definition) is 4. The van der Waals surface area contributed by atoms with Gasteiger partial charge in [0.1, 0.15) is 5.60 Å². The summed E-state index contributed by atoms with van der Waals surface area (Å²) in [6.45, 7) is 1.51. The van der Waals surface area contributed by atoms with E-state index in [4.69, 9.17) is 14.9 Å². The Bertz CT molecular complexity index is 259. The molecule has 0 saturated heterocycles. The Morgan fingerprint density at radius 1 is 1.36 bits per heavy atom. The van der Waals surface area contributed by atoms with E-state index in [-0.39, 0.29) is 13.2 Å². The van der Waals surface area contributed by atoms with Crippen molar-refractivity contribution >= 4 is 0 Å². The molecule has 78 valence electrons. The SMILES string of the molecule is CC(CO)(CO)OCc1ccccn1. The molecule has 0 amide bonds. The Kier molecular flexibility index (Phi) is 4.00. The average Bonchev–Trinajstić information content (AvgIpc) is 2.27. The summed E-state index contributed by atoms with van der Waals surface area (Å²) in [5.74, 6) is 0. The lowest BCUT2D eigenvalue weighted by molar-refractivity contribution is -0.105. The van der Waals surface area contributed by atoms with E-state index in [1.54, 1.807) is 13.1 Å². The van der Waals surface area contributed by atoms with Crippen LogP contribution in [0.5, 0.6) is 0 Å². The van der Waals surface area contributed by atoms with E-state index >= 15 is 0 Å². The van der Waals surface area contributed by atoms with Gasteiger partial charge in [0.05, 0.1) is 25.5 Å². The van der Waals surface area contributed by atoms with Gasteiger partial charge in [0.2, 0.25) is 0 Å². The van der Waals surface area contributed by atoms with Gasteiger partial charge >= 0.3 is 0 Å². The first-order valence-electron chi connectivity index (χ1n) is 4.46. The predicted octanol–water partition coefficient (Wildman–Crippen LogP) is 0.341. The molecule has 4 heteroatoms. The quantitative estimate of drug-likeness (QED) is 0.714. The maximum atomic E-state index is 8.96. The molecule has 0 aliphatic heterocycles. The molecule has 2 N–H and O–H groups in total. The zero-order chi connectivity index (χ0) is 10.4. The van der Waals surface area contributed by atoms with Gasteiger partial charge in [-0.25, -0.2) is 0 Å². The summed E-state index contributed by atoms with van der Waals surface area (Å²) >= 11 is 0. The van der Waals surface area contributed by atoms with Gasteiger partial charge in [-0.1, -0.05) is 6.07 Å². The highest BCUT2D eigenvalue weighted by atomic mass is 16.5. The molecule has 0 spiro atoms. The highest BCUT2D eigenvalue weighted by Gasteiger charge is 2.22. The van der Waals surface area contributed by atoms with Crippen LogP contribution in [-0.4, -0.2) is 34.0 Å². The topological polar surface area (TPSA) is 62.6 Å². The molecule has 1 rings (SSSR count). The first kappa shape index (κ1) is 11.1. The van der Waals surface area contributed by atoms with E-state index in [0.717, 1.165) is 5.69 Å². The lowest BCUT2D eigenvalue weighted by Gasteiger charge is -2.24. The van der Waals surface area contributed by atoms with Gasteiger partial charge in [0.15, 0.2) is 0 Å². The highest BCUT2D eigenvalue weighted by Crippen LogP contribution is 2.10. The molecule has 14 heavy (non-hydrogen) atoms. The fraction of sp³-hybridized carbons (Fsp3) is 0.500. The lowest BCUT2D eigenvalue weighted by Crippen LogP contribution is -2.37. The third kappa shape index (κ3) is 3.06. The van der Waals surface area contributed by atoms with Crippen molar-refractivity contribution < 1.29 is 14.9 Å². The summed E-state index contributed by atoms with van der Waals surface area (Å²) < 4.78 is 5.35. The summed E-state index contributed by atoms with van der Waals surface area (Å²) in [7, 11) is 0. The molecular weight excluding hydrogens is 182 g/mol. The number of aromatic nitrogens is 1. The monoisotopic (exact) mass is 197 g/mol. The number of aliphatic hydroxyl groups excluding tert-OH is 2. The summed E-state index contributed by atoms with van der Waals surface area (Å²) in [4.78, 5) is 4.06. The van der Waals surface area contributed by atoms with Gasteiger partial charge in [0.25, 0.3) is 0 Å². The van der Waals surface area contributed by atoms with Crippen LogP contribution in [0.2, 0.25) is 0 Å². The van der Waals surface area contributed by atoms with Crippen molar-refractivity contribution in [1.29, 1.82) is 0 Å². The van der Waals surface area contributed by atoms with Crippen molar-refractivity contribution in [2.45, 2.75) is 19.1 Å². The Morgan fingerprint density at radius 2 is 2.07 bits per heavy atom. The van der Waals surface area contributed by atoms with Gasteiger partial charge in [-0.05, 0) is 19.1 Å². The van der Waals surface area contributed by atoms with Gasteiger partial charge in [-0.2, -0.15) is 0 Å². The van der Waals surface area contributed by atoms with Crippen LogP contribution in [-0.2, 0) is 11.3 Å². The molecule has 0 saturated carbocycles. The fourth-order valence-electron chi connectivity index (χ4n) is 0.873. The molecule has 0 atom stereocenters. The van der Waals surface area contributed by atoms with Crippen molar-refractivity contribution in [2.24, 2.45) is 0 Å². The van der Waals surface area contributed by atoms with Crippen molar-refractivity contribution in [3.8, 4) is 0 Å². The van der Waals surface area contributed by atoms with Crippen LogP contribution in [0, 0.1) is 0 Å². The maximum absolute atomic E-state index is 8.96. The van der Waals surface area contributed by atoms with E-state index in [1.807, 2.05) is 18.2 Å². The second-order valence-electron chi connectivity index (χ2n) is 3.38. The van der Waals surface area contributed by atoms with Gasteiger partial charge < -0.3 is 14.9 Å². The number of pyridine rings is 1. The Morgan fingerprint density at radius 3 is 2.57 bits per heavy atom. The van der Waals surface area contributed by atoms with Crippen LogP contribution in [0.15, 0.2) is 24.4 Å². The van der Waals surface area contributed by atoms with Crippen molar-refractivity contribution in [3.63, 3.8) is 0 Å². The minimum Gasteiger partial charge on any atom is -0.393 e. The van der Waals surface area contributed by atoms with Crippen molar-refractivity contribution in [1.82, 2.24) is 4.98 Å². The van der Waals surface area contributed by atoms with E-state index in [9.17, 15) is 0 Å². The van der Waals surface area contributed by atoms with Crippen LogP contribution in [0.25, 0.3) is 0 Å². The summed E-state index contributed by atoms with van der Waals surface area (Å²) in [6, 6.07) is 5.51. The molecule has 1 heterocycles. The van der Waals surface area contributed by atoms with E-state index < -0.39 is 5.60 Å². The van der Waals surface area contributed by atoms with Crippen molar-refractivity contribution in [3.05, 3.63) is 30.1 Å².